The lowest BCUT2D eigenvalue weighted by Crippen LogP contribution is -2.46. The highest BCUT2D eigenvalue weighted by molar-refractivity contribution is 6.30. The second kappa shape index (κ2) is 19.0. The maximum Gasteiger partial charge on any atom is 0.217 e. The highest BCUT2D eigenvalue weighted by Gasteiger charge is 2.20. The molecule has 0 saturated carbocycles. The molecule has 0 bridgehead atoms. The van der Waals surface area contributed by atoms with Gasteiger partial charge in [0.15, 0.2) is 17.1 Å². The van der Waals surface area contributed by atoms with Crippen LogP contribution in [0.1, 0.15) is 19.5 Å². The Morgan fingerprint density at radius 2 is 1.28 bits per heavy atom. The summed E-state index contributed by atoms with van der Waals surface area (Å²) >= 11 is 5.99. The fourth-order valence-corrected chi connectivity index (χ4v) is 7.40. The number of aromatic nitrogens is 9. The van der Waals surface area contributed by atoms with Crippen molar-refractivity contribution < 1.29 is 4.39 Å². The van der Waals surface area contributed by atoms with Crippen molar-refractivity contribution in [1.82, 2.24) is 59.9 Å². The lowest BCUT2D eigenvalue weighted by molar-refractivity contribution is 0.270. The molecular weight excluding hydrogens is 797 g/mol. The van der Waals surface area contributed by atoms with E-state index in [9.17, 15) is 4.39 Å². The Hall–Kier alpha value is -6.18. The van der Waals surface area contributed by atoms with Crippen molar-refractivity contribution >= 4 is 68.3 Å². The van der Waals surface area contributed by atoms with Crippen LogP contribution in [0, 0.1) is 5.95 Å². The lowest BCUT2D eigenvalue weighted by Gasteiger charge is -2.34. The molecule has 0 radical (unpaired) electrons. The van der Waals surface area contributed by atoms with Crippen LogP contribution >= 0.6 is 11.6 Å². The van der Waals surface area contributed by atoms with E-state index in [-0.39, 0.29) is 0 Å². The van der Waals surface area contributed by atoms with Crippen LogP contribution in [0.3, 0.4) is 0 Å². The molecule has 0 atom stereocenters. The Balaban J connectivity index is 0.000000171. The molecule has 9 rings (SSSR count). The van der Waals surface area contributed by atoms with Crippen molar-refractivity contribution in [2.24, 2.45) is 5.84 Å². The number of nitrogens with one attached hydrogen (secondary N) is 3. The number of hydrogen-bond acceptors (Lipinski definition) is 16. The second-order valence-electron chi connectivity index (χ2n) is 14.8. The van der Waals surface area contributed by atoms with Crippen molar-refractivity contribution in [2.75, 3.05) is 86.4 Å². The molecule has 0 spiro atoms. The van der Waals surface area contributed by atoms with E-state index in [1.165, 1.54) is 6.07 Å². The summed E-state index contributed by atoms with van der Waals surface area (Å²) in [4.78, 5) is 36.4. The molecule has 0 aliphatic carbocycles. The van der Waals surface area contributed by atoms with Gasteiger partial charge in [-0.05, 0) is 75.1 Å². The topological polar surface area (TPSA) is 183 Å². The first kappa shape index (κ1) is 41.5. The fraction of sp³-hybridized carbons (Fsp3) is 0.333. The molecule has 7 aromatic rings. The minimum Gasteiger partial charge on any atom is -0.354 e. The number of pyridine rings is 2. The highest BCUT2D eigenvalue weighted by atomic mass is 35.5. The number of piperazine rings is 2. The first-order valence-electron chi connectivity index (χ1n) is 20.4. The summed E-state index contributed by atoms with van der Waals surface area (Å²) in [7, 11) is 2.13. The number of nitrogens with zero attached hydrogens (tertiary/aromatic N) is 13. The number of fused-ring (bicyclic) bond motifs is 2. The van der Waals surface area contributed by atoms with Crippen molar-refractivity contribution in [1.29, 1.82) is 0 Å². The molecule has 61 heavy (non-hydrogen) atoms. The Morgan fingerprint density at radius 3 is 1.87 bits per heavy atom. The molecule has 19 heteroatoms. The molecule has 0 amide bonds. The van der Waals surface area contributed by atoms with E-state index in [1.807, 2.05) is 72.3 Å². The highest BCUT2D eigenvalue weighted by Crippen LogP contribution is 2.29. The van der Waals surface area contributed by atoms with Gasteiger partial charge in [0, 0.05) is 86.9 Å². The standard InChI is InChI=1S/C23H26FN9.C19H23ClN8/c1-3-31-9-11-33(12-10-31)20-14-25-21-18(13-19(24)28-22(21)29-20)27-17-7-5-16(6-8-17)23-30-26-15-32(23)4-2;1-27-6-8-28(9-7-27)17-12-22-18-16(24-14-4-2-13(20)3-5-14)10-15(11-23-21)25-19(18)26-17/h5-8,13-15H,3-4,9-12H2,1-2H3,(H,27,28,29);2-5,10,12,23H,6-9,11,21H2,1H3,(H,24,25,26). The zero-order valence-corrected chi connectivity index (χ0v) is 35.2. The predicted molar refractivity (Wildman–Crippen MR) is 239 cm³/mol. The zero-order chi connectivity index (χ0) is 42.3. The predicted octanol–water partition coefficient (Wildman–Crippen LogP) is 5.46. The number of likely N-dealkylation sites (N-methyl/N-ethyl adjacent to an activating group) is 2. The van der Waals surface area contributed by atoms with E-state index in [2.05, 4.69) is 84.7 Å². The summed E-state index contributed by atoms with van der Waals surface area (Å²) in [6, 6.07) is 18.5. The summed E-state index contributed by atoms with van der Waals surface area (Å²) in [5.74, 6) is 7.30. The third-order valence-electron chi connectivity index (χ3n) is 10.8. The van der Waals surface area contributed by atoms with Gasteiger partial charge in [-0.25, -0.2) is 24.9 Å². The number of nitrogens with two attached hydrogens (primary N) is 1. The summed E-state index contributed by atoms with van der Waals surface area (Å²) in [5.41, 5.74) is 9.60. The van der Waals surface area contributed by atoms with E-state index in [0.29, 0.717) is 39.6 Å². The average Bonchev–Trinajstić information content (AvgIpc) is 3.77. The van der Waals surface area contributed by atoms with Gasteiger partial charge < -0.3 is 34.8 Å². The van der Waals surface area contributed by atoms with Gasteiger partial charge in [0.25, 0.3) is 0 Å². The van der Waals surface area contributed by atoms with Gasteiger partial charge in [0.05, 0.1) is 36.0 Å². The van der Waals surface area contributed by atoms with E-state index < -0.39 is 5.95 Å². The Bertz CT molecular complexity index is 2560. The maximum atomic E-state index is 14.3. The van der Waals surface area contributed by atoms with Gasteiger partial charge in [0.2, 0.25) is 5.95 Å². The minimum atomic E-state index is -0.597. The first-order chi connectivity index (χ1) is 29.8. The molecule has 316 valence electrons. The van der Waals surface area contributed by atoms with Crippen LogP contribution < -0.4 is 31.7 Å². The summed E-state index contributed by atoms with van der Waals surface area (Å²) < 4.78 is 16.3. The number of anilines is 6. The normalized spacial score (nSPS) is 14.9. The molecule has 2 aromatic carbocycles. The van der Waals surface area contributed by atoms with E-state index in [4.69, 9.17) is 22.4 Å². The number of hydrazine groups is 1. The van der Waals surface area contributed by atoms with Gasteiger partial charge in [-0.15, -0.1) is 10.2 Å². The third-order valence-corrected chi connectivity index (χ3v) is 11.0. The Kier molecular flexibility index (Phi) is 13.0. The van der Waals surface area contributed by atoms with E-state index in [1.54, 1.807) is 12.5 Å². The minimum absolute atomic E-state index is 0.292. The number of rotatable bonds is 11. The van der Waals surface area contributed by atoms with Crippen LogP contribution in [-0.4, -0.2) is 120 Å². The molecule has 2 saturated heterocycles. The molecule has 5 aromatic heterocycles. The number of aryl methyl sites for hydroxylation is 1. The van der Waals surface area contributed by atoms with Crippen LogP contribution in [0.15, 0.2) is 79.4 Å². The van der Waals surface area contributed by atoms with Crippen molar-refractivity contribution in [3.8, 4) is 11.4 Å². The fourth-order valence-electron chi connectivity index (χ4n) is 7.28. The Morgan fingerprint density at radius 1 is 0.705 bits per heavy atom. The zero-order valence-electron chi connectivity index (χ0n) is 34.4. The smallest absolute Gasteiger partial charge is 0.217 e. The average molecular weight is 846 g/mol. The lowest BCUT2D eigenvalue weighted by atomic mass is 10.2. The first-order valence-corrected chi connectivity index (χ1v) is 20.8. The molecule has 2 aliphatic heterocycles. The van der Waals surface area contributed by atoms with Gasteiger partial charge in [-0.2, -0.15) is 9.37 Å². The molecule has 5 N–H and O–H groups in total. The van der Waals surface area contributed by atoms with Crippen LogP contribution in [0.2, 0.25) is 5.02 Å². The van der Waals surface area contributed by atoms with Gasteiger partial charge >= 0.3 is 0 Å². The van der Waals surface area contributed by atoms with Crippen LogP contribution in [0.5, 0.6) is 0 Å². The largest absolute Gasteiger partial charge is 0.354 e. The third kappa shape index (κ3) is 9.90. The number of hydrogen-bond donors (Lipinski definition) is 4. The van der Waals surface area contributed by atoms with Gasteiger partial charge in [0.1, 0.15) is 29.0 Å². The number of halogens is 2. The molecule has 0 unspecified atom stereocenters. The SMILES string of the molecule is CCN1CCN(c2cnc3c(Nc4ccc(-c5nncn5CC)cc4)cc(F)nc3n2)CC1.CN1CCN(c2cnc3c(Nc4ccc(Cl)cc4)cc(CNN)nc3n2)CC1. The molecule has 17 nitrogen and oxygen atoms in total. The maximum absolute atomic E-state index is 14.3. The van der Waals surface area contributed by atoms with Crippen molar-refractivity contribution in [3.63, 3.8) is 0 Å². The Labute approximate surface area is 358 Å². The summed E-state index contributed by atoms with van der Waals surface area (Å²) in [6.45, 7) is 14.0. The van der Waals surface area contributed by atoms with Gasteiger partial charge in [-0.3, -0.25) is 11.3 Å². The molecule has 7 heterocycles. The van der Waals surface area contributed by atoms with Crippen LogP contribution in [0.25, 0.3) is 33.7 Å². The van der Waals surface area contributed by atoms with Crippen LogP contribution in [-0.2, 0) is 13.1 Å². The summed E-state index contributed by atoms with van der Waals surface area (Å²) in [5, 5.41) is 15.5. The second-order valence-corrected chi connectivity index (χ2v) is 15.3. The van der Waals surface area contributed by atoms with Gasteiger partial charge in [-0.1, -0.05) is 18.5 Å². The molecule has 2 aliphatic rings. The molecular formula is C42H49ClFN17. The quantitative estimate of drug-likeness (QED) is 0.0731. The number of benzene rings is 2. The van der Waals surface area contributed by atoms with E-state index in [0.717, 1.165) is 111 Å². The van der Waals surface area contributed by atoms with Crippen molar-refractivity contribution in [3.05, 3.63) is 96.0 Å². The van der Waals surface area contributed by atoms with E-state index >= 15 is 0 Å². The molecule has 2 fully saturated rings. The van der Waals surface area contributed by atoms with Crippen molar-refractivity contribution in [2.45, 2.75) is 26.9 Å². The summed E-state index contributed by atoms with van der Waals surface area (Å²) in [6.07, 6.45) is 5.28. The van der Waals surface area contributed by atoms with Crippen LogP contribution in [0.4, 0.5) is 38.8 Å². The monoisotopic (exact) mass is 845 g/mol.